The topological polar surface area (TPSA) is 15.3 Å². The molecule has 0 heterocycles. The molecule has 0 aliphatic rings. The number of nitrogens with zero attached hydrogens (tertiary/aromatic N) is 1. The summed E-state index contributed by atoms with van der Waals surface area (Å²) in [5.74, 6) is 0. The summed E-state index contributed by atoms with van der Waals surface area (Å²) in [6, 6.07) is 17.7. The summed E-state index contributed by atoms with van der Waals surface area (Å²) in [6.45, 7) is 7.37. The van der Waals surface area contributed by atoms with Crippen LogP contribution in [-0.4, -0.2) is 20.1 Å². The second-order valence-electron chi connectivity index (χ2n) is 5.52. The zero-order valence-corrected chi connectivity index (χ0v) is 13.4. The molecule has 21 heavy (non-hydrogen) atoms. The lowest BCUT2D eigenvalue weighted by Gasteiger charge is -2.23. The smallest absolute Gasteiger partial charge is 0.0429 e. The van der Waals surface area contributed by atoms with E-state index >= 15 is 0 Å². The number of anilines is 1. The Morgan fingerprint density at radius 2 is 1.71 bits per heavy atom. The van der Waals surface area contributed by atoms with Crippen molar-refractivity contribution in [3.63, 3.8) is 0 Å². The number of rotatable bonds is 7. The first-order valence-corrected chi connectivity index (χ1v) is 7.77. The molecule has 0 aliphatic carbocycles. The van der Waals surface area contributed by atoms with Gasteiger partial charge in [0.25, 0.3) is 0 Å². The van der Waals surface area contributed by atoms with E-state index in [9.17, 15) is 0 Å². The van der Waals surface area contributed by atoms with E-state index in [1.165, 1.54) is 22.4 Å². The molecule has 0 radical (unpaired) electrons. The fraction of sp³-hybridized carbons (Fsp3) is 0.368. The van der Waals surface area contributed by atoms with Gasteiger partial charge in [-0.05, 0) is 62.7 Å². The minimum atomic E-state index is 0.965. The first kappa shape index (κ1) is 15.6. The molecule has 0 aliphatic heterocycles. The highest BCUT2D eigenvalue weighted by Gasteiger charge is 2.05. The Labute approximate surface area is 128 Å². The molecule has 0 unspecified atom stereocenters. The van der Waals surface area contributed by atoms with Gasteiger partial charge in [-0.2, -0.15) is 0 Å². The lowest BCUT2D eigenvalue weighted by molar-refractivity contribution is 0.790. The Hall–Kier alpha value is -1.80. The molecule has 0 amide bonds. The van der Waals surface area contributed by atoms with E-state index in [2.05, 4.69) is 72.6 Å². The quantitative estimate of drug-likeness (QED) is 0.831. The van der Waals surface area contributed by atoms with E-state index in [0.29, 0.717) is 0 Å². The molecule has 1 N–H and O–H groups in total. The predicted molar refractivity (Wildman–Crippen MR) is 92.0 cm³/mol. The van der Waals surface area contributed by atoms with Crippen molar-refractivity contribution in [2.24, 2.45) is 0 Å². The molecule has 0 fully saturated rings. The van der Waals surface area contributed by atoms with Gasteiger partial charge in [0.1, 0.15) is 0 Å². The molecular weight excluding hydrogens is 256 g/mol. The Morgan fingerprint density at radius 1 is 1.00 bits per heavy atom. The average molecular weight is 282 g/mol. The van der Waals surface area contributed by atoms with Crippen LogP contribution < -0.4 is 10.2 Å². The summed E-state index contributed by atoms with van der Waals surface area (Å²) < 4.78 is 0. The number of hydrogen-bond acceptors (Lipinski definition) is 2. The lowest BCUT2D eigenvalue weighted by atomic mass is 10.1. The highest BCUT2D eigenvalue weighted by atomic mass is 15.1. The molecule has 0 saturated heterocycles. The van der Waals surface area contributed by atoms with Gasteiger partial charge in [0.15, 0.2) is 0 Å². The summed E-state index contributed by atoms with van der Waals surface area (Å²) in [4.78, 5) is 2.41. The fourth-order valence-electron chi connectivity index (χ4n) is 2.51. The monoisotopic (exact) mass is 282 g/mol. The lowest BCUT2D eigenvalue weighted by Crippen LogP contribution is -2.22. The summed E-state index contributed by atoms with van der Waals surface area (Å²) >= 11 is 0. The van der Waals surface area contributed by atoms with Gasteiger partial charge in [0, 0.05) is 18.8 Å². The second kappa shape index (κ2) is 7.84. The van der Waals surface area contributed by atoms with Crippen molar-refractivity contribution < 1.29 is 0 Å². The molecule has 0 saturated carbocycles. The Kier molecular flexibility index (Phi) is 5.82. The zero-order valence-electron chi connectivity index (χ0n) is 13.4. The van der Waals surface area contributed by atoms with E-state index in [-0.39, 0.29) is 0 Å². The number of hydrogen-bond donors (Lipinski definition) is 1. The maximum absolute atomic E-state index is 3.19. The summed E-state index contributed by atoms with van der Waals surface area (Å²) in [7, 11) is 2.00. The van der Waals surface area contributed by atoms with Crippen molar-refractivity contribution in [2.45, 2.75) is 26.8 Å². The van der Waals surface area contributed by atoms with Crippen LogP contribution in [0.15, 0.2) is 48.5 Å². The van der Waals surface area contributed by atoms with Crippen LogP contribution >= 0.6 is 0 Å². The molecule has 2 heteroatoms. The second-order valence-corrected chi connectivity index (χ2v) is 5.52. The van der Waals surface area contributed by atoms with E-state index in [4.69, 9.17) is 0 Å². The van der Waals surface area contributed by atoms with Crippen molar-refractivity contribution in [3.8, 4) is 0 Å². The van der Waals surface area contributed by atoms with Gasteiger partial charge >= 0.3 is 0 Å². The van der Waals surface area contributed by atoms with E-state index in [1.807, 2.05) is 7.05 Å². The third-order valence-corrected chi connectivity index (χ3v) is 3.81. The van der Waals surface area contributed by atoms with E-state index in [0.717, 1.165) is 26.1 Å². The first-order valence-electron chi connectivity index (χ1n) is 7.77. The molecular formula is C19H26N2. The Bertz CT molecular complexity index is 546. The average Bonchev–Trinajstić information content (AvgIpc) is 2.51. The van der Waals surface area contributed by atoms with Crippen LogP contribution in [0.4, 0.5) is 5.69 Å². The van der Waals surface area contributed by atoms with Gasteiger partial charge in [-0.3, -0.25) is 0 Å². The number of aryl methyl sites for hydroxylation is 1. The van der Waals surface area contributed by atoms with Crippen LogP contribution in [-0.2, 0) is 13.0 Å². The van der Waals surface area contributed by atoms with Crippen molar-refractivity contribution in [2.75, 3.05) is 25.0 Å². The van der Waals surface area contributed by atoms with Crippen LogP contribution in [0.25, 0.3) is 0 Å². The SMILES string of the molecule is CCN(Cc1ccc(CCNC)cc1)c1cccc(C)c1. The molecule has 2 nitrogen and oxygen atoms in total. The third-order valence-electron chi connectivity index (χ3n) is 3.81. The number of benzene rings is 2. The number of likely N-dealkylation sites (N-methyl/N-ethyl adjacent to an activating group) is 1. The maximum atomic E-state index is 3.19. The summed E-state index contributed by atoms with van der Waals surface area (Å²) in [5.41, 5.74) is 5.38. The highest BCUT2D eigenvalue weighted by molar-refractivity contribution is 5.48. The van der Waals surface area contributed by atoms with E-state index in [1.54, 1.807) is 0 Å². The molecule has 0 aromatic heterocycles. The van der Waals surface area contributed by atoms with Crippen molar-refractivity contribution in [1.82, 2.24) is 5.32 Å². The van der Waals surface area contributed by atoms with Gasteiger partial charge in [0.05, 0.1) is 0 Å². The molecule has 0 bridgehead atoms. The van der Waals surface area contributed by atoms with Crippen LogP contribution in [0.1, 0.15) is 23.6 Å². The predicted octanol–water partition coefficient (Wildman–Crippen LogP) is 3.78. The molecule has 0 spiro atoms. The van der Waals surface area contributed by atoms with Crippen LogP contribution in [0, 0.1) is 6.92 Å². The molecule has 112 valence electrons. The number of nitrogens with one attached hydrogen (secondary N) is 1. The van der Waals surface area contributed by atoms with Crippen LogP contribution in [0.3, 0.4) is 0 Å². The molecule has 0 atom stereocenters. The van der Waals surface area contributed by atoms with Crippen LogP contribution in [0.2, 0.25) is 0 Å². The fourth-order valence-corrected chi connectivity index (χ4v) is 2.51. The van der Waals surface area contributed by atoms with Crippen molar-refractivity contribution in [3.05, 3.63) is 65.2 Å². The van der Waals surface area contributed by atoms with Gasteiger partial charge in [-0.1, -0.05) is 36.4 Å². The molecule has 2 aromatic rings. The summed E-state index contributed by atoms with van der Waals surface area (Å²) in [5, 5.41) is 3.19. The van der Waals surface area contributed by atoms with Gasteiger partial charge in [-0.15, -0.1) is 0 Å². The van der Waals surface area contributed by atoms with Gasteiger partial charge in [0.2, 0.25) is 0 Å². The minimum Gasteiger partial charge on any atom is -0.367 e. The third kappa shape index (κ3) is 4.61. The van der Waals surface area contributed by atoms with Crippen molar-refractivity contribution in [1.29, 1.82) is 0 Å². The zero-order chi connectivity index (χ0) is 15.1. The highest BCUT2D eigenvalue weighted by Crippen LogP contribution is 2.18. The summed E-state index contributed by atoms with van der Waals surface area (Å²) in [6.07, 6.45) is 1.09. The van der Waals surface area contributed by atoms with E-state index < -0.39 is 0 Å². The molecule has 2 aromatic carbocycles. The van der Waals surface area contributed by atoms with Crippen molar-refractivity contribution >= 4 is 5.69 Å². The largest absolute Gasteiger partial charge is 0.367 e. The van der Waals surface area contributed by atoms with Crippen LogP contribution in [0.5, 0.6) is 0 Å². The normalized spacial score (nSPS) is 10.6. The van der Waals surface area contributed by atoms with Gasteiger partial charge < -0.3 is 10.2 Å². The standard InChI is InChI=1S/C19H26N2/c1-4-21(19-7-5-6-16(2)14-19)15-18-10-8-17(9-11-18)12-13-20-3/h5-11,14,20H,4,12-13,15H2,1-3H3. The Balaban J connectivity index is 2.04. The van der Waals surface area contributed by atoms with Gasteiger partial charge in [-0.25, -0.2) is 0 Å². The first-order chi connectivity index (χ1) is 10.2. The Morgan fingerprint density at radius 3 is 2.33 bits per heavy atom. The molecule has 2 rings (SSSR count). The minimum absolute atomic E-state index is 0.965. The maximum Gasteiger partial charge on any atom is 0.0429 e.